The van der Waals surface area contributed by atoms with Gasteiger partial charge in [0.05, 0.1) is 12.6 Å². The van der Waals surface area contributed by atoms with Gasteiger partial charge in [-0.3, -0.25) is 0 Å². The number of nitrogens with zero attached hydrogens (tertiary/aromatic N) is 1. The molecule has 0 unspecified atom stereocenters. The Balaban J connectivity index is 1.90. The zero-order valence-electron chi connectivity index (χ0n) is 14.8. The zero-order chi connectivity index (χ0) is 17.9. The summed E-state index contributed by atoms with van der Waals surface area (Å²) in [5.74, 6) is 1.75. The fourth-order valence-corrected chi connectivity index (χ4v) is 3.48. The maximum absolute atomic E-state index is 5.92. The highest BCUT2D eigenvalue weighted by Gasteiger charge is 2.14. The van der Waals surface area contributed by atoms with Gasteiger partial charge in [0.25, 0.3) is 0 Å². The number of benzene rings is 3. The second-order valence-corrected chi connectivity index (χ2v) is 6.24. The number of aromatic nitrogens is 1. The van der Waals surface area contributed by atoms with E-state index in [0.29, 0.717) is 13.2 Å². The van der Waals surface area contributed by atoms with E-state index in [4.69, 9.17) is 15.2 Å². The highest BCUT2D eigenvalue weighted by atomic mass is 16.5. The lowest BCUT2D eigenvalue weighted by atomic mass is 10.1. The molecule has 4 aromatic rings. The quantitative estimate of drug-likeness (QED) is 0.569. The number of hydrogen-bond donors (Lipinski definition) is 1. The Hall–Kier alpha value is -2.98. The Morgan fingerprint density at radius 1 is 0.923 bits per heavy atom. The summed E-state index contributed by atoms with van der Waals surface area (Å²) in [7, 11) is 1.70. The second kappa shape index (κ2) is 7.10. The molecule has 132 valence electrons. The van der Waals surface area contributed by atoms with Crippen molar-refractivity contribution >= 4 is 21.8 Å². The van der Waals surface area contributed by atoms with E-state index in [1.807, 2.05) is 24.3 Å². The number of para-hydroxylation sites is 1. The van der Waals surface area contributed by atoms with Crippen molar-refractivity contribution in [1.29, 1.82) is 0 Å². The van der Waals surface area contributed by atoms with E-state index in [9.17, 15) is 0 Å². The molecule has 26 heavy (non-hydrogen) atoms. The first-order valence-electron chi connectivity index (χ1n) is 8.77. The van der Waals surface area contributed by atoms with Crippen LogP contribution in [0.1, 0.15) is 5.56 Å². The van der Waals surface area contributed by atoms with Gasteiger partial charge in [0.1, 0.15) is 18.1 Å². The van der Waals surface area contributed by atoms with Crippen LogP contribution in [0.2, 0.25) is 0 Å². The highest BCUT2D eigenvalue weighted by Crippen LogP contribution is 2.36. The topological polar surface area (TPSA) is 49.4 Å². The lowest BCUT2D eigenvalue weighted by Crippen LogP contribution is -2.10. The average Bonchev–Trinajstić information content (AvgIpc) is 3.01. The Morgan fingerprint density at radius 3 is 2.58 bits per heavy atom. The summed E-state index contributed by atoms with van der Waals surface area (Å²) >= 11 is 0. The van der Waals surface area contributed by atoms with Crippen LogP contribution in [0.15, 0.2) is 66.7 Å². The number of hydrogen-bond acceptors (Lipinski definition) is 3. The van der Waals surface area contributed by atoms with Gasteiger partial charge in [-0.2, -0.15) is 0 Å². The summed E-state index contributed by atoms with van der Waals surface area (Å²) in [6, 6.07) is 22.8. The van der Waals surface area contributed by atoms with Crippen LogP contribution in [0.4, 0.5) is 0 Å². The Labute approximate surface area is 152 Å². The van der Waals surface area contributed by atoms with Crippen LogP contribution >= 0.6 is 0 Å². The van der Waals surface area contributed by atoms with Crippen molar-refractivity contribution in [1.82, 2.24) is 4.57 Å². The molecule has 0 fully saturated rings. The van der Waals surface area contributed by atoms with Gasteiger partial charge in [0.2, 0.25) is 0 Å². The van der Waals surface area contributed by atoms with Gasteiger partial charge in [-0.25, -0.2) is 0 Å². The molecule has 0 radical (unpaired) electrons. The number of fused-ring (bicyclic) bond motifs is 3. The number of methoxy groups -OCH3 is 1. The van der Waals surface area contributed by atoms with Gasteiger partial charge < -0.3 is 19.8 Å². The maximum atomic E-state index is 5.92. The van der Waals surface area contributed by atoms with E-state index in [1.54, 1.807) is 7.11 Å². The van der Waals surface area contributed by atoms with Crippen LogP contribution in [0, 0.1) is 0 Å². The lowest BCUT2D eigenvalue weighted by molar-refractivity contribution is 0.332. The van der Waals surface area contributed by atoms with Crippen molar-refractivity contribution in [2.24, 2.45) is 5.73 Å². The van der Waals surface area contributed by atoms with E-state index in [0.717, 1.165) is 28.9 Å². The van der Waals surface area contributed by atoms with Gasteiger partial charge in [-0.1, -0.05) is 36.4 Å². The molecular formula is C22H22N2O2. The van der Waals surface area contributed by atoms with Crippen molar-refractivity contribution in [3.8, 4) is 11.5 Å². The van der Waals surface area contributed by atoms with E-state index < -0.39 is 0 Å². The first-order chi connectivity index (χ1) is 12.8. The summed E-state index contributed by atoms with van der Waals surface area (Å²) in [5.41, 5.74) is 9.17. The normalized spacial score (nSPS) is 11.2. The standard InChI is InChI=1S/C22H22N2O2/c1-25-17-7-4-6-16(14-17)15-24-19-9-3-2-8-18(19)22-20(24)10-5-11-21(22)26-13-12-23/h2-11,14H,12-13,15,23H2,1H3. The van der Waals surface area contributed by atoms with Gasteiger partial charge in [0, 0.05) is 29.4 Å². The SMILES string of the molecule is COc1cccc(Cn2c3ccccc3c3c(OCCN)cccc32)c1. The molecule has 4 heteroatoms. The van der Waals surface area contributed by atoms with Crippen LogP contribution < -0.4 is 15.2 Å². The van der Waals surface area contributed by atoms with Crippen molar-refractivity contribution in [2.45, 2.75) is 6.54 Å². The van der Waals surface area contributed by atoms with E-state index >= 15 is 0 Å². The molecule has 4 nitrogen and oxygen atoms in total. The van der Waals surface area contributed by atoms with Gasteiger partial charge >= 0.3 is 0 Å². The fourth-order valence-electron chi connectivity index (χ4n) is 3.48. The molecule has 1 aromatic heterocycles. The molecular weight excluding hydrogens is 324 g/mol. The third kappa shape index (κ3) is 2.89. The molecule has 0 saturated heterocycles. The molecule has 3 aromatic carbocycles. The molecule has 2 N–H and O–H groups in total. The van der Waals surface area contributed by atoms with Crippen molar-refractivity contribution < 1.29 is 9.47 Å². The summed E-state index contributed by atoms with van der Waals surface area (Å²) in [6.07, 6.45) is 0. The van der Waals surface area contributed by atoms with Crippen LogP contribution in [-0.4, -0.2) is 24.8 Å². The fraction of sp³-hybridized carbons (Fsp3) is 0.182. The first kappa shape index (κ1) is 16.5. The van der Waals surface area contributed by atoms with E-state index in [-0.39, 0.29) is 0 Å². The maximum Gasteiger partial charge on any atom is 0.129 e. The van der Waals surface area contributed by atoms with Gasteiger partial charge in [0.15, 0.2) is 0 Å². The van der Waals surface area contributed by atoms with Crippen LogP contribution in [0.5, 0.6) is 11.5 Å². The monoisotopic (exact) mass is 346 g/mol. The Kier molecular flexibility index (Phi) is 4.50. The van der Waals surface area contributed by atoms with Crippen molar-refractivity contribution in [3.05, 3.63) is 72.3 Å². The molecule has 4 rings (SSSR count). The molecule has 0 spiro atoms. The third-order valence-corrected chi connectivity index (χ3v) is 4.61. The van der Waals surface area contributed by atoms with Crippen LogP contribution in [0.3, 0.4) is 0 Å². The predicted molar refractivity (Wildman–Crippen MR) is 106 cm³/mol. The third-order valence-electron chi connectivity index (χ3n) is 4.61. The Morgan fingerprint density at radius 2 is 1.73 bits per heavy atom. The summed E-state index contributed by atoms with van der Waals surface area (Å²) in [5, 5.41) is 2.33. The predicted octanol–water partition coefficient (Wildman–Crippen LogP) is 4.19. The largest absolute Gasteiger partial charge is 0.497 e. The van der Waals surface area contributed by atoms with Gasteiger partial charge in [-0.05, 0) is 35.9 Å². The summed E-state index contributed by atoms with van der Waals surface area (Å²) < 4.78 is 13.6. The molecule has 0 aliphatic carbocycles. The molecule has 0 bridgehead atoms. The number of nitrogens with two attached hydrogens (primary N) is 1. The molecule has 0 atom stereocenters. The Bertz CT molecular complexity index is 1050. The molecule has 0 saturated carbocycles. The molecule has 0 amide bonds. The molecule has 0 aliphatic rings. The highest BCUT2D eigenvalue weighted by molar-refractivity contribution is 6.11. The average molecular weight is 346 g/mol. The first-order valence-corrected chi connectivity index (χ1v) is 8.77. The summed E-state index contributed by atoms with van der Waals surface area (Å²) in [6.45, 7) is 1.77. The van der Waals surface area contributed by atoms with E-state index in [2.05, 4.69) is 47.0 Å². The minimum absolute atomic E-state index is 0.499. The number of rotatable bonds is 6. The minimum atomic E-state index is 0.499. The number of ether oxygens (including phenoxy) is 2. The molecule has 1 heterocycles. The summed E-state index contributed by atoms with van der Waals surface area (Å²) in [4.78, 5) is 0. The van der Waals surface area contributed by atoms with Crippen LogP contribution in [-0.2, 0) is 6.54 Å². The molecule has 0 aliphatic heterocycles. The lowest BCUT2D eigenvalue weighted by Gasteiger charge is -2.10. The smallest absolute Gasteiger partial charge is 0.129 e. The minimum Gasteiger partial charge on any atom is -0.497 e. The van der Waals surface area contributed by atoms with Crippen molar-refractivity contribution in [2.75, 3.05) is 20.3 Å². The van der Waals surface area contributed by atoms with E-state index in [1.165, 1.54) is 16.5 Å². The van der Waals surface area contributed by atoms with Gasteiger partial charge in [-0.15, -0.1) is 0 Å². The van der Waals surface area contributed by atoms with Crippen LogP contribution in [0.25, 0.3) is 21.8 Å². The zero-order valence-corrected chi connectivity index (χ0v) is 14.8. The van der Waals surface area contributed by atoms with Crippen molar-refractivity contribution in [3.63, 3.8) is 0 Å². The second-order valence-electron chi connectivity index (χ2n) is 6.24.